The van der Waals surface area contributed by atoms with Crippen LogP contribution in [0.5, 0.6) is 0 Å². The molecule has 0 saturated heterocycles. The molecular formula is C14H22F2N2. The highest BCUT2D eigenvalue weighted by Gasteiger charge is 2.19. The first-order chi connectivity index (χ1) is 8.45. The third-order valence-electron chi connectivity index (χ3n) is 2.90. The Hall–Kier alpha value is -1.00. The Labute approximate surface area is 108 Å². The summed E-state index contributed by atoms with van der Waals surface area (Å²) >= 11 is 0. The molecule has 1 rings (SSSR count). The van der Waals surface area contributed by atoms with Crippen LogP contribution in [-0.2, 0) is 0 Å². The standard InChI is InChI=1S/C14H22F2N2/c1-4-18(8-10(2)3)9-13(17)14-11(15)6-5-7-12(14)16/h5-7,10,13H,4,8-9,17H2,1-3H3. The molecule has 0 aliphatic carbocycles. The van der Waals surface area contributed by atoms with Crippen molar-refractivity contribution in [3.05, 3.63) is 35.4 Å². The predicted molar refractivity (Wildman–Crippen MR) is 70.2 cm³/mol. The summed E-state index contributed by atoms with van der Waals surface area (Å²) in [5.74, 6) is -0.631. The third kappa shape index (κ3) is 4.03. The monoisotopic (exact) mass is 256 g/mol. The number of likely N-dealkylation sites (N-methyl/N-ethyl adjacent to an activating group) is 1. The quantitative estimate of drug-likeness (QED) is 0.848. The molecule has 0 aliphatic rings. The van der Waals surface area contributed by atoms with E-state index in [4.69, 9.17) is 5.73 Å². The average molecular weight is 256 g/mol. The summed E-state index contributed by atoms with van der Waals surface area (Å²) in [7, 11) is 0. The number of hydrogen-bond donors (Lipinski definition) is 1. The number of halogens is 2. The summed E-state index contributed by atoms with van der Waals surface area (Å²) in [6.07, 6.45) is 0. The van der Waals surface area contributed by atoms with Crippen LogP contribution in [0.4, 0.5) is 8.78 Å². The zero-order valence-corrected chi connectivity index (χ0v) is 11.3. The number of rotatable bonds is 6. The van der Waals surface area contributed by atoms with Crippen molar-refractivity contribution in [3.8, 4) is 0 Å². The van der Waals surface area contributed by atoms with Gasteiger partial charge in [-0.1, -0.05) is 26.8 Å². The molecule has 1 atom stereocenters. The maximum absolute atomic E-state index is 13.6. The fourth-order valence-electron chi connectivity index (χ4n) is 2.08. The molecule has 0 spiro atoms. The van der Waals surface area contributed by atoms with Crippen LogP contribution < -0.4 is 5.73 Å². The van der Waals surface area contributed by atoms with Crippen LogP contribution >= 0.6 is 0 Å². The average Bonchev–Trinajstić information content (AvgIpc) is 2.27. The fourth-order valence-corrected chi connectivity index (χ4v) is 2.08. The van der Waals surface area contributed by atoms with Crippen LogP contribution in [0.15, 0.2) is 18.2 Å². The van der Waals surface area contributed by atoms with Gasteiger partial charge in [0.05, 0.1) is 0 Å². The summed E-state index contributed by atoms with van der Waals surface area (Å²) in [5, 5.41) is 0. The summed E-state index contributed by atoms with van der Waals surface area (Å²) in [6, 6.07) is 3.21. The van der Waals surface area contributed by atoms with Gasteiger partial charge in [0.2, 0.25) is 0 Å². The molecular weight excluding hydrogens is 234 g/mol. The van der Waals surface area contributed by atoms with Gasteiger partial charge in [0.15, 0.2) is 0 Å². The van der Waals surface area contributed by atoms with Crippen molar-refractivity contribution < 1.29 is 8.78 Å². The normalized spacial score (nSPS) is 13.3. The van der Waals surface area contributed by atoms with Crippen LogP contribution in [0.25, 0.3) is 0 Å². The smallest absolute Gasteiger partial charge is 0.130 e. The van der Waals surface area contributed by atoms with Crippen molar-refractivity contribution in [2.24, 2.45) is 11.7 Å². The highest BCUT2D eigenvalue weighted by atomic mass is 19.1. The van der Waals surface area contributed by atoms with Crippen molar-refractivity contribution >= 4 is 0 Å². The van der Waals surface area contributed by atoms with E-state index in [1.54, 1.807) is 0 Å². The van der Waals surface area contributed by atoms with Crippen molar-refractivity contribution in [3.63, 3.8) is 0 Å². The van der Waals surface area contributed by atoms with E-state index >= 15 is 0 Å². The second-order valence-electron chi connectivity index (χ2n) is 4.99. The molecule has 1 unspecified atom stereocenters. The zero-order valence-electron chi connectivity index (χ0n) is 11.3. The molecule has 0 radical (unpaired) electrons. The second kappa shape index (κ2) is 6.81. The van der Waals surface area contributed by atoms with E-state index in [0.29, 0.717) is 12.5 Å². The van der Waals surface area contributed by atoms with Crippen LogP contribution in [0, 0.1) is 17.6 Å². The first kappa shape index (κ1) is 15.1. The van der Waals surface area contributed by atoms with Gasteiger partial charge in [-0.25, -0.2) is 8.78 Å². The van der Waals surface area contributed by atoms with Gasteiger partial charge in [-0.3, -0.25) is 0 Å². The van der Waals surface area contributed by atoms with Crippen LogP contribution in [0.1, 0.15) is 32.4 Å². The van der Waals surface area contributed by atoms with E-state index in [1.807, 2.05) is 6.92 Å². The van der Waals surface area contributed by atoms with Crippen molar-refractivity contribution in [2.75, 3.05) is 19.6 Å². The minimum atomic E-state index is -0.634. The Kier molecular flexibility index (Phi) is 5.69. The molecule has 0 aromatic heterocycles. The first-order valence-corrected chi connectivity index (χ1v) is 6.37. The SMILES string of the molecule is CCN(CC(C)C)CC(N)c1c(F)cccc1F. The van der Waals surface area contributed by atoms with Crippen molar-refractivity contribution in [1.82, 2.24) is 4.90 Å². The fraction of sp³-hybridized carbons (Fsp3) is 0.571. The lowest BCUT2D eigenvalue weighted by Gasteiger charge is -2.26. The van der Waals surface area contributed by atoms with Crippen LogP contribution in [0.2, 0.25) is 0 Å². The van der Waals surface area contributed by atoms with E-state index < -0.39 is 17.7 Å². The van der Waals surface area contributed by atoms with Crippen molar-refractivity contribution in [2.45, 2.75) is 26.8 Å². The van der Waals surface area contributed by atoms with Gasteiger partial charge < -0.3 is 10.6 Å². The lowest BCUT2D eigenvalue weighted by atomic mass is 10.1. The Morgan fingerprint density at radius 3 is 2.17 bits per heavy atom. The van der Waals surface area contributed by atoms with Gasteiger partial charge in [0.25, 0.3) is 0 Å². The molecule has 0 amide bonds. The first-order valence-electron chi connectivity index (χ1n) is 6.37. The molecule has 4 heteroatoms. The molecule has 0 aliphatic heterocycles. The van der Waals surface area contributed by atoms with Crippen LogP contribution in [-0.4, -0.2) is 24.5 Å². The van der Waals surface area contributed by atoms with E-state index in [9.17, 15) is 8.78 Å². The number of nitrogens with zero attached hydrogens (tertiary/aromatic N) is 1. The molecule has 18 heavy (non-hydrogen) atoms. The molecule has 2 N–H and O–H groups in total. The molecule has 0 heterocycles. The van der Waals surface area contributed by atoms with Gasteiger partial charge in [-0.2, -0.15) is 0 Å². The van der Waals surface area contributed by atoms with E-state index in [-0.39, 0.29) is 5.56 Å². The van der Waals surface area contributed by atoms with E-state index in [1.165, 1.54) is 18.2 Å². The highest BCUT2D eigenvalue weighted by molar-refractivity contribution is 5.23. The largest absolute Gasteiger partial charge is 0.323 e. The van der Waals surface area contributed by atoms with Crippen LogP contribution in [0.3, 0.4) is 0 Å². The Bertz CT molecular complexity index is 360. The van der Waals surface area contributed by atoms with Gasteiger partial charge in [0.1, 0.15) is 11.6 Å². The molecule has 1 aromatic carbocycles. The topological polar surface area (TPSA) is 29.3 Å². The highest BCUT2D eigenvalue weighted by Crippen LogP contribution is 2.20. The molecule has 0 bridgehead atoms. The van der Waals surface area contributed by atoms with Gasteiger partial charge in [0, 0.05) is 24.7 Å². The lowest BCUT2D eigenvalue weighted by Crippen LogP contribution is -2.35. The summed E-state index contributed by atoms with van der Waals surface area (Å²) < 4.78 is 27.2. The Morgan fingerprint density at radius 1 is 1.17 bits per heavy atom. The minimum Gasteiger partial charge on any atom is -0.323 e. The minimum absolute atomic E-state index is 0.0142. The summed E-state index contributed by atoms with van der Waals surface area (Å²) in [6.45, 7) is 8.40. The van der Waals surface area contributed by atoms with E-state index in [0.717, 1.165) is 13.1 Å². The second-order valence-corrected chi connectivity index (χ2v) is 4.99. The van der Waals surface area contributed by atoms with E-state index in [2.05, 4.69) is 18.7 Å². The van der Waals surface area contributed by atoms with Gasteiger partial charge in [-0.15, -0.1) is 0 Å². The number of nitrogens with two attached hydrogens (primary N) is 1. The summed E-state index contributed by atoms with van der Waals surface area (Å²) in [4.78, 5) is 2.11. The molecule has 0 fully saturated rings. The Balaban J connectivity index is 2.77. The molecule has 102 valence electrons. The molecule has 2 nitrogen and oxygen atoms in total. The van der Waals surface area contributed by atoms with Gasteiger partial charge >= 0.3 is 0 Å². The number of benzene rings is 1. The lowest BCUT2D eigenvalue weighted by molar-refractivity contribution is 0.239. The predicted octanol–water partition coefficient (Wildman–Crippen LogP) is 2.94. The Morgan fingerprint density at radius 2 is 1.72 bits per heavy atom. The molecule has 0 saturated carbocycles. The number of hydrogen-bond acceptors (Lipinski definition) is 2. The molecule has 1 aromatic rings. The van der Waals surface area contributed by atoms with Gasteiger partial charge in [-0.05, 0) is 24.6 Å². The zero-order chi connectivity index (χ0) is 13.7. The maximum Gasteiger partial charge on any atom is 0.130 e. The summed E-state index contributed by atoms with van der Waals surface area (Å²) in [5.41, 5.74) is 5.91. The maximum atomic E-state index is 13.6. The van der Waals surface area contributed by atoms with Crippen molar-refractivity contribution in [1.29, 1.82) is 0 Å². The third-order valence-corrected chi connectivity index (χ3v) is 2.90.